The van der Waals surface area contributed by atoms with Gasteiger partial charge in [0.1, 0.15) is 11.7 Å². The Morgan fingerprint density at radius 3 is 3.04 bits per heavy atom. The van der Waals surface area contributed by atoms with Crippen LogP contribution < -0.4 is 10.6 Å². The summed E-state index contributed by atoms with van der Waals surface area (Å²) in [6.07, 6.45) is 1.56. The molecule has 1 aliphatic rings. The zero-order valence-electron chi connectivity index (χ0n) is 14.1. The number of H-pyrrole nitrogens is 1. The molecule has 0 aliphatic heterocycles. The van der Waals surface area contributed by atoms with Gasteiger partial charge >= 0.3 is 0 Å². The van der Waals surface area contributed by atoms with Gasteiger partial charge in [-0.25, -0.2) is 4.39 Å². The molecule has 0 atom stereocenters. The van der Waals surface area contributed by atoms with E-state index < -0.39 is 6.17 Å². The molecule has 0 radical (unpaired) electrons. The van der Waals surface area contributed by atoms with Gasteiger partial charge in [0, 0.05) is 24.0 Å². The van der Waals surface area contributed by atoms with Crippen LogP contribution >= 0.6 is 0 Å². The van der Waals surface area contributed by atoms with Crippen LogP contribution in [0.2, 0.25) is 0 Å². The van der Waals surface area contributed by atoms with Crippen molar-refractivity contribution in [2.75, 3.05) is 5.32 Å². The lowest BCUT2D eigenvalue weighted by molar-refractivity contribution is 0.0853. The highest BCUT2D eigenvalue weighted by Gasteiger charge is 2.31. The molecule has 8 nitrogen and oxygen atoms in total. The Morgan fingerprint density at radius 1 is 1.30 bits per heavy atom. The molecule has 3 heterocycles. The Balaban J connectivity index is 1.39. The molecule has 0 unspecified atom stereocenters. The molecule has 3 N–H and O–H groups in total. The minimum absolute atomic E-state index is 0.138. The van der Waals surface area contributed by atoms with Crippen molar-refractivity contribution in [3.05, 3.63) is 42.2 Å². The molecule has 136 valence electrons. The molecule has 3 aromatic heterocycles. The van der Waals surface area contributed by atoms with Crippen molar-refractivity contribution >= 4 is 39.4 Å². The molecule has 1 amide bonds. The number of fused-ring (bicyclic) bond motifs is 2. The Labute approximate surface area is 152 Å². The molecule has 0 bridgehead atoms. The summed E-state index contributed by atoms with van der Waals surface area (Å²) in [6, 6.07) is 8.88. The monoisotopic (exact) mass is 366 g/mol. The number of rotatable bonds is 4. The summed E-state index contributed by atoms with van der Waals surface area (Å²) in [5, 5.41) is 17.5. The quantitative estimate of drug-likeness (QED) is 0.512. The van der Waals surface area contributed by atoms with Crippen molar-refractivity contribution < 1.29 is 13.7 Å². The van der Waals surface area contributed by atoms with E-state index in [1.165, 1.54) is 0 Å². The summed E-state index contributed by atoms with van der Waals surface area (Å²) in [6.45, 7) is 0. The average Bonchev–Trinajstić information content (AvgIpc) is 3.25. The van der Waals surface area contributed by atoms with Crippen molar-refractivity contribution in [1.82, 2.24) is 25.7 Å². The van der Waals surface area contributed by atoms with E-state index in [1.807, 2.05) is 12.1 Å². The molecule has 4 aromatic rings. The number of nitrogens with zero attached hydrogens (tertiary/aromatic N) is 3. The third-order valence-electron chi connectivity index (χ3n) is 4.69. The molecule has 0 saturated heterocycles. The first-order chi connectivity index (χ1) is 13.2. The molecular weight excluding hydrogens is 351 g/mol. The molecule has 9 heteroatoms. The van der Waals surface area contributed by atoms with E-state index in [9.17, 15) is 9.18 Å². The molecule has 5 rings (SSSR count). The third kappa shape index (κ3) is 2.77. The zero-order valence-corrected chi connectivity index (χ0v) is 14.1. The molecule has 1 aromatic carbocycles. The van der Waals surface area contributed by atoms with Crippen molar-refractivity contribution in [2.45, 2.75) is 25.1 Å². The molecule has 27 heavy (non-hydrogen) atoms. The lowest BCUT2D eigenvalue weighted by atomic mass is 9.90. The summed E-state index contributed by atoms with van der Waals surface area (Å²) in [5.74, 6) is 0.238. The van der Waals surface area contributed by atoms with E-state index >= 15 is 0 Å². The van der Waals surface area contributed by atoms with Crippen LogP contribution in [0.1, 0.15) is 23.3 Å². The highest BCUT2D eigenvalue weighted by molar-refractivity contribution is 6.04. The Morgan fingerprint density at radius 2 is 2.19 bits per heavy atom. The largest absolute Gasteiger partial charge is 0.355 e. The minimum Gasteiger partial charge on any atom is -0.355 e. The van der Waals surface area contributed by atoms with Crippen molar-refractivity contribution in [3.8, 4) is 0 Å². The predicted molar refractivity (Wildman–Crippen MR) is 96.6 cm³/mol. The van der Waals surface area contributed by atoms with Gasteiger partial charge in [0.2, 0.25) is 0 Å². The maximum Gasteiger partial charge on any atom is 0.274 e. The second kappa shape index (κ2) is 6.04. The van der Waals surface area contributed by atoms with Gasteiger partial charge in [0.15, 0.2) is 17.1 Å². The number of anilines is 2. The fourth-order valence-electron chi connectivity index (χ4n) is 3.18. The zero-order chi connectivity index (χ0) is 18.4. The third-order valence-corrected chi connectivity index (χ3v) is 4.69. The summed E-state index contributed by atoms with van der Waals surface area (Å²) in [4.78, 5) is 16.6. The highest BCUT2D eigenvalue weighted by Crippen LogP contribution is 2.27. The van der Waals surface area contributed by atoms with E-state index in [0.717, 1.165) is 16.7 Å². The number of benzene rings is 1. The predicted octanol–water partition coefficient (Wildman–Crippen LogP) is 3.07. The maximum absolute atomic E-state index is 12.9. The van der Waals surface area contributed by atoms with Gasteiger partial charge in [-0.2, -0.15) is 5.10 Å². The summed E-state index contributed by atoms with van der Waals surface area (Å²) >= 11 is 0. The van der Waals surface area contributed by atoms with Crippen LogP contribution in [0.4, 0.5) is 15.9 Å². The van der Waals surface area contributed by atoms with Crippen molar-refractivity contribution in [1.29, 1.82) is 0 Å². The number of carbonyl (C=O) groups excluding carboxylic acids is 1. The van der Waals surface area contributed by atoms with E-state index in [2.05, 4.69) is 31.0 Å². The summed E-state index contributed by atoms with van der Waals surface area (Å²) in [7, 11) is 0. The topological polar surface area (TPSA) is 109 Å². The van der Waals surface area contributed by atoms with Crippen LogP contribution in [-0.4, -0.2) is 38.5 Å². The first-order valence-corrected chi connectivity index (χ1v) is 8.58. The first-order valence-electron chi connectivity index (χ1n) is 8.58. The maximum atomic E-state index is 12.9. The Hall–Kier alpha value is -3.49. The van der Waals surface area contributed by atoms with E-state index in [0.29, 0.717) is 29.6 Å². The fraction of sp³-hybridized carbons (Fsp3) is 0.222. The van der Waals surface area contributed by atoms with Crippen LogP contribution in [0.25, 0.3) is 22.0 Å². The normalized spacial score (nSPS) is 19.1. The van der Waals surface area contributed by atoms with Gasteiger partial charge in [-0.1, -0.05) is 5.16 Å². The van der Waals surface area contributed by atoms with Gasteiger partial charge in [0.25, 0.3) is 5.91 Å². The number of aromatic amines is 1. The van der Waals surface area contributed by atoms with Gasteiger partial charge < -0.3 is 15.2 Å². The number of carbonyl (C=O) groups is 1. The number of pyridine rings is 1. The number of amides is 1. The van der Waals surface area contributed by atoms with Crippen LogP contribution in [-0.2, 0) is 0 Å². The second-order valence-electron chi connectivity index (χ2n) is 6.58. The van der Waals surface area contributed by atoms with Gasteiger partial charge in [-0.05, 0) is 37.1 Å². The van der Waals surface area contributed by atoms with Gasteiger partial charge in [-0.15, -0.1) is 0 Å². The minimum atomic E-state index is -0.828. The smallest absolute Gasteiger partial charge is 0.274 e. The summed E-state index contributed by atoms with van der Waals surface area (Å²) in [5.41, 5.74) is 2.94. The van der Waals surface area contributed by atoms with Gasteiger partial charge in [-0.3, -0.25) is 14.9 Å². The van der Waals surface area contributed by atoms with Crippen molar-refractivity contribution in [2.24, 2.45) is 0 Å². The number of halogens is 1. The average molecular weight is 366 g/mol. The standard InChI is InChI=1S/C18H15FN6O2/c19-9-6-11(7-9)22-18(26)15-12-4-3-10(8-14(12)27-25-15)21-17-16-13(23-24-17)2-1-5-20-16/h1-5,8-9,11H,6-7H2,(H,22,26)(H2,21,23,24). The van der Waals surface area contributed by atoms with Crippen LogP contribution in [0, 0.1) is 0 Å². The van der Waals surface area contributed by atoms with E-state index in [-0.39, 0.29) is 17.6 Å². The number of hydrogen-bond donors (Lipinski definition) is 3. The highest BCUT2D eigenvalue weighted by atomic mass is 19.1. The Kier molecular flexibility index (Phi) is 3.52. The fourth-order valence-corrected chi connectivity index (χ4v) is 3.18. The van der Waals surface area contributed by atoms with Crippen molar-refractivity contribution in [3.63, 3.8) is 0 Å². The number of nitrogens with one attached hydrogen (secondary N) is 3. The van der Waals surface area contributed by atoms with E-state index in [4.69, 9.17) is 4.52 Å². The van der Waals surface area contributed by atoms with Crippen LogP contribution in [0.5, 0.6) is 0 Å². The van der Waals surface area contributed by atoms with Gasteiger partial charge in [0.05, 0.1) is 10.9 Å². The molecule has 1 aliphatic carbocycles. The number of aromatic nitrogens is 4. The lowest BCUT2D eigenvalue weighted by Crippen LogP contribution is -2.45. The lowest BCUT2D eigenvalue weighted by Gasteiger charge is -2.29. The number of alkyl halides is 1. The molecular formula is C18H15FN6O2. The first kappa shape index (κ1) is 15.7. The van der Waals surface area contributed by atoms with E-state index in [1.54, 1.807) is 24.4 Å². The van der Waals surface area contributed by atoms with Crippen LogP contribution in [0.15, 0.2) is 41.1 Å². The number of hydrogen-bond acceptors (Lipinski definition) is 6. The SMILES string of the molecule is O=C(NC1CC(F)C1)c1noc2cc(Nc3n[nH]c4cccnc34)ccc12. The summed E-state index contributed by atoms with van der Waals surface area (Å²) < 4.78 is 18.2. The van der Waals surface area contributed by atoms with Crippen LogP contribution in [0.3, 0.4) is 0 Å². The molecule has 1 saturated carbocycles. The molecule has 0 spiro atoms. The molecule has 1 fully saturated rings. The Bertz CT molecular complexity index is 1150. The second-order valence-corrected chi connectivity index (χ2v) is 6.58.